The maximum absolute atomic E-state index is 12.4. The van der Waals surface area contributed by atoms with Crippen molar-refractivity contribution in [2.24, 2.45) is 0 Å². The van der Waals surface area contributed by atoms with E-state index < -0.39 is 5.60 Å². The maximum atomic E-state index is 12.4. The van der Waals surface area contributed by atoms with Gasteiger partial charge < -0.3 is 10.1 Å². The Labute approximate surface area is 125 Å². The monoisotopic (exact) mass is 292 g/mol. The second-order valence-corrected chi connectivity index (χ2v) is 7.03. The molecule has 1 N–H and O–H groups in total. The van der Waals surface area contributed by atoms with E-state index in [1.165, 1.54) is 5.56 Å². The van der Waals surface area contributed by atoms with Gasteiger partial charge in [0.25, 0.3) is 0 Å². The highest BCUT2D eigenvalue weighted by Crippen LogP contribution is 2.27. The molecule has 0 radical (unpaired) electrons. The molecule has 6 heteroatoms. The third-order valence-corrected chi connectivity index (χ3v) is 4.09. The van der Waals surface area contributed by atoms with Crippen LogP contribution in [-0.2, 0) is 17.7 Å². The van der Waals surface area contributed by atoms with Crippen LogP contribution in [0.25, 0.3) is 0 Å². The van der Waals surface area contributed by atoms with Crippen LogP contribution in [-0.4, -0.2) is 45.5 Å². The molecule has 3 rings (SSSR count). The number of hydrogen-bond donors (Lipinski definition) is 1. The molecule has 0 bridgehead atoms. The first-order valence-electron chi connectivity index (χ1n) is 7.61. The van der Waals surface area contributed by atoms with Crippen LogP contribution in [0.15, 0.2) is 6.20 Å². The summed E-state index contributed by atoms with van der Waals surface area (Å²) < 4.78 is 7.60. The first kappa shape index (κ1) is 14.4. The number of amides is 1. The third-order valence-electron chi connectivity index (χ3n) is 4.09. The summed E-state index contributed by atoms with van der Waals surface area (Å²) in [6.45, 7) is 10.3. The largest absolute Gasteiger partial charge is 0.444 e. The van der Waals surface area contributed by atoms with Crippen LogP contribution in [0, 0.1) is 0 Å². The summed E-state index contributed by atoms with van der Waals surface area (Å²) in [6, 6.07) is 0.562. The van der Waals surface area contributed by atoms with E-state index in [9.17, 15) is 4.79 Å². The third kappa shape index (κ3) is 2.77. The van der Waals surface area contributed by atoms with Crippen molar-refractivity contribution in [1.29, 1.82) is 0 Å². The van der Waals surface area contributed by atoms with Gasteiger partial charge in [0.1, 0.15) is 5.60 Å². The normalized spacial score (nSPS) is 22.7. The number of fused-ring (bicyclic) bond motifs is 1. The summed E-state index contributed by atoms with van der Waals surface area (Å²) in [4.78, 5) is 14.2. The van der Waals surface area contributed by atoms with Crippen LogP contribution in [0.2, 0.25) is 0 Å². The minimum absolute atomic E-state index is 0.143. The van der Waals surface area contributed by atoms with Gasteiger partial charge in [-0.05, 0) is 39.7 Å². The number of carbonyl (C=O) groups is 1. The van der Waals surface area contributed by atoms with Crippen molar-refractivity contribution in [3.05, 3.63) is 17.5 Å². The van der Waals surface area contributed by atoms with Crippen molar-refractivity contribution in [2.45, 2.75) is 58.3 Å². The average Bonchev–Trinajstić information content (AvgIpc) is 2.66. The molecule has 1 atom stereocenters. The van der Waals surface area contributed by atoms with Crippen LogP contribution >= 0.6 is 0 Å². The second kappa shape index (κ2) is 5.02. The zero-order valence-corrected chi connectivity index (χ0v) is 13.2. The molecule has 1 aromatic heterocycles. The predicted molar refractivity (Wildman–Crippen MR) is 79.1 cm³/mol. The number of nitrogens with zero attached hydrogens (tertiary/aromatic N) is 3. The molecule has 0 aromatic carbocycles. The summed E-state index contributed by atoms with van der Waals surface area (Å²) in [6.07, 6.45) is 2.56. The zero-order chi connectivity index (χ0) is 15.2. The fourth-order valence-corrected chi connectivity index (χ4v) is 2.84. The van der Waals surface area contributed by atoms with Crippen molar-refractivity contribution >= 4 is 6.09 Å². The van der Waals surface area contributed by atoms with Crippen molar-refractivity contribution in [3.63, 3.8) is 0 Å². The van der Waals surface area contributed by atoms with E-state index in [2.05, 4.69) is 22.0 Å². The van der Waals surface area contributed by atoms with Crippen LogP contribution in [0.4, 0.5) is 4.79 Å². The van der Waals surface area contributed by atoms with E-state index >= 15 is 0 Å². The lowest BCUT2D eigenvalue weighted by molar-refractivity contribution is 0.0129. The molecular weight excluding hydrogens is 268 g/mol. The fraction of sp³-hybridized carbons (Fsp3) is 0.733. The smallest absolute Gasteiger partial charge is 0.410 e. The first-order chi connectivity index (χ1) is 9.85. The Morgan fingerprint density at radius 2 is 2.14 bits per heavy atom. The number of ether oxygens (including phenoxy) is 1. The van der Waals surface area contributed by atoms with Crippen molar-refractivity contribution in [3.8, 4) is 0 Å². The summed E-state index contributed by atoms with van der Waals surface area (Å²) in [5.41, 5.74) is 1.95. The summed E-state index contributed by atoms with van der Waals surface area (Å²) in [7, 11) is 0. The minimum atomic E-state index is -0.463. The number of carbonyl (C=O) groups excluding carboxylic acids is 1. The van der Waals surface area contributed by atoms with Gasteiger partial charge in [-0.25, -0.2) is 4.79 Å². The number of rotatable bonds is 1. The van der Waals surface area contributed by atoms with Gasteiger partial charge in [-0.1, -0.05) is 0 Å². The Morgan fingerprint density at radius 3 is 2.71 bits per heavy atom. The standard InChI is InChI=1S/C15H24N4O2/c1-10-5-11-6-17-19(12-7-16-8-12)13(11)9-18(10)14(20)21-15(2,3)4/h6,10,12,16H,5,7-9H2,1-4H3/t10-/m1/s1. The van der Waals surface area contributed by atoms with Crippen molar-refractivity contribution in [1.82, 2.24) is 20.0 Å². The topological polar surface area (TPSA) is 59.4 Å². The molecule has 0 unspecified atom stereocenters. The molecule has 1 amide bonds. The molecular formula is C15H24N4O2. The Bertz CT molecular complexity index is 542. The van der Waals surface area contributed by atoms with Gasteiger partial charge in [-0.3, -0.25) is 9.58 Å². The van der Waals surface area contributed by atoms with E-state index in [0.717, 1.165) is 25.2 Å². The molecule has 1 aromatic rings. The first-order valence-corrected chi connectivity index (χ1v) is 7.61. The maximum Gasteiger partial charge on any atom is 0.410 e. The van der Waals surface area contributed by atoms with E-state index in [1.54, 1.807) is 0 Å². The number of nitrogens with one attached hydrogen (secondary N) is 1. The Morgan fingerprint density at radius 1 is 1.43 bits per heavy atom. The molecule has 6 nitrogen and oxygen atoms in total. The van der Waals surface area contributed by atoms with Crippen LogP contribution in [0.1, 0.15) is 45.0 Å². The summed E-state index contributed by atoms with van der Waals surface area (Å²) in [5, 5.41) is 7.78. The molecule has 3 heterocycles. The van der Waals surface area contributed by atoms with Crippen LogP contribution in [0.5, 0.6) is 0 Å². The zero-order valence-electron chi connectivity index (χ0n) is 13.2. The van der Waals surface area contributed by atoms with E-state index in [-0.39, 0.29) is 12.1 Å². The molecule has 0 spiro atoms. The van der Waals surface area contributed by atoms with Gasteiger partial charge >= 0.3 is 6.09 Å². The van der Waals surface area contributed by atoms with Gasteiger partial charge in [0.05, 0.1) is 24.5 Å². The quantitative estimate of drug-likeness (QED) is 0.856. The Balaban J connectivity index is 1.80. The lowest BCUT2D eigenvalue weighted by atomic mass is 10.0. The molecule has 2 aliphatic heterocycles. The average molecular weight is 292 g/mol. The van der Waals surface area contributed by atoms with E-state index in [0.29, 0.717) is 12.6 Å². The molecule has 21 heavy (non-hydrogen) atoms. The van der Waals surface area contributed by atoms with Crippen LogP contribution in [0.3, 0.4) is 0 Å². The van der Waals surface area contributed by atoms with Gasteiger partial charge in [0, 0.05) is 19.1 Å². The van der Waals surface area contributed by atoms with E-state index in [1.807, 2.05) is 31.9 Å². The van der Waals surface area contributed by atoms with Gasteiger partial charge in [0.2, 0.25) is 0 Å². The number of hydrogen-bond acceptors (Lipinski definition) is 4. The van der Waals surface area contributed by atoms with Crippen molar-refractivity contribution < 1.29 is 9.53 Å². The summed E-state index contributed by atoms with van der Waals surface area (Å²) in [5.74, 6) is 0. The van der Waals surface area contributed by atoms with Gasteiger partial charge in [-0.15, -0.1) is 0 Å². The predicted octanol–water partition coefficient (Wildman–Crippen LogP) is 1.71. The van der Waals surface area contributed by atoms with Crippen molar-refractivity contribution in [2.75, 3.05) is 13.1 Å². The minimum Gasteiger partial charge on any atom is -0.444 e. The highest BCUT2D eigenvalue weighted by atomic mass is 16.6. The Kier molecular flexibility index (Phi) is 3.43. The Hall–Kier alpha value is -1.56. The van der Waals surface area contributed by atoms with Gasteiger partial charge in [-0.2, -0.15) is 5.10 Å². The summed E-state index contributed by atoms with van der Waals surface area (Å²) >= 11 is 0. The molecule has 0 saturated carbocycles. The molecule has 1 saturated heterocycles. The molecule has 116 valence electrons. The molecule has 0 aliphatic carbocycles. The lowest BCUT2D eigenvalue weighted by Gasteiger charge is -2.37. The molecule has 1 fully saturated rings. The van der Waals surface area contributed by atoms with E-state index in [4.69, 9.17) is 4.74 Å². The SMILES string of the molecule is C[C@@H]1Cc2cnn(C3CNC3)c2CN1C(=O)OC(C)(C)C. The van der Waals surface area contributed by atoms with Crippen LogP contribution < -0.4 is 5.32 Å². The highest BCUT2D eigenvalue weighted by molar-refractivity contribution is 5.69. The van der Waals surface area contributed by atoms with Gasteiger partial charge in [0.15, 0.2) is 0 Å². The fourth-order valence-electron chi connectivity index (χ4n) is 2.84. The highest BCUT2D eigenvalue weighted by Gasteiger charge is 2.34. The second-order valence-electron chi connectivity index (χ2n) is 7.03. The lowest BCUT2D eigenvalue weighted by Crippen LogP contribution is -2.48. The number of aromatic nitrogens is 2. The molecule has 2 aliphatic rings.